The van der Waals surface area contributed by atoms with Crippen LogP contribution in [-0.4, -0.2) is 47.4 Å². The molecule has 0 aliphatic carbocycles. The Balaban J connectivity index is 1.73. The Hall–Kier alpha value is -0.870. The zero-order valence-electron chi connectivity index (χ0n) is 12.6. The van der Waals surface area contributed by atoms with E-state index in [1.54, 1.807) is 0 Å². The Morgan fingerprint density at radius 1 is 1.24 bits per heavy atom. The van der Waals surface area contributed by atoms with Crippen molar-refractivity contribution in [3.63, 3.8) is 0 Å². The molecule has 2 heterocycles. The molecule has 0 saturated carbocycles. The second-order valence-electron chi connectivity index (χ2n) is 6.28. The van der Waals surface area contributed by atoms with Gasteiger partial charge in [-0.25, -0.2) is 0 Å². The molecule has 2 unspecified atom stereocenters. The van der Waals surface area contributed by atoms with E-state index < -0.39 is 0 Å². The van der Waals surface area contributed by atoms with Crippen LogP contribution in [0.15, 0.2) is 24.3 Å². The maximum Gasteiger partial charge on any atom is 0.254 e. The molecule has 2 aliphatic heterocycles. The summed E-state index contributed by atoms with van der Waals surface area (Å²) in [6.07, 6.45) is 3.85. The molecule has 1 amide bonds. The molecule has 3 rings (SSSR count). The van der Waals surface area contributed by atoms with Crippen LogP contribution in [-0.2, 0) is 5.33 Å². The Morgan fingerprint density at radius 3 is 2.71 bits per heavy atom. The van der Waals surface area contributed by atoms with E-state index in [1.165, 1.54) is 31.4 Å². The number of benzene rings is 1. The molecule has 2 atom stereocenters. The highest BCUT2D eigenvalue weighted by molar-refractivity contribution is 9.08. The predicted octanol–water partition coefficient (Wildman–Crippen LogP) is 3.28. The third-order valence-corrected chi connectivity index (χ3v) is 5.45. The molecule has 0 spiro atoms. The van der Waals surface area contributed by atoms with Crippen LogP contribution in [0.3, 0.4) is 0 Å². The molecule has 2 fully saturated rings. The number of carbonyl (C=O) groups is 1. The maximum absolute atomic E-state index is 12.8. The van der Waals surface area contributed by atoms with E-state index in [1.807, 2.05) is 24.3 Å². The Kier molecular flexibility index (Phi) is 4.65. The molecule has 1 aromatic rings. The zero-order valence-corrected chi connectivity index (χ0v) is 14.2. The Labute approximate surface area is 135 Å². The molecule has 0 N–H and O–H groups in total. The number of halogens is 1. The molecule has 114 valence electrons. The SMILES string of the molecule is CC1CN2CCCCC2CN1C(=O)c1ccc(CBr)cc1. The minimum absolute atomic E-state index is 0.189. The van der Waals surface area contributed by atoms with E-state index in [4.69, 9.17) is 0 Å². The zero-order chi connectivity index (χ0) is 14.8. The van der Waals surface area contributed by atoms with E-state index in [-0.39, 0.29) is 5.91 Å². The summed E-state index contributed by atoms with van der Waals surface area (Å²) in [6.45, 7) is 5.29. The monoisotopic (exact) mass is 350 g/mol. The normalized spacial score (nSPS) is 26.5. The Bertz CT molecular complexity index is 502. The van der Waals surface area contributed by atoms with Gasteiger partial charge in [0.15, 0.2) is 0 Å². The lowest BCUT2D eigenvalue weighted by atomic mass is 9.96. The van der Waals surface area contributed by atoms with Crippen molar-refractivity contribution in [2.24, 2.45) is 0 Å². The van der Waals surface area contributed by atoms with E-state index in [2.05, 4.69) is 32.7 Å². The molecule has 21 heavy (non-hydrogen) atoms. The highest BCUT2D eigenvalue weighted by Gasteiger charge is 2.35. The number of hydrogen-bond donors (Lipinski definition) is 0. The highest BCUT2D eigenvalue weighted by atomic mass is 79.9. The Morgan fingerprint density at radius 2 is 2.00 bits per heavy atom. The molecule has 3 nitrogen and oxygen atoms in total. The summed E-state index contributed by atoms with van der Waals surface area (Å²) >= 11 is 3.44. The van der Waals surface area contributed by atoms with Crippen LogP contribution in [0.4, 0.5) is 0 Å². The average molecular weight is 351 g/mol. The number of fused-ring (bicyclic) bond motifs is 1. The third kappa shape index (κ3) is 3.16. The summed E-state index contributed by atoms with van der Waals surface area (Å²) < 4.78 is 0. The quantitative estimate of drug-likeness (QED) is 0.764. The van der Waals surface area contributed by atoms with Gasteiger partial charge >= 0.3 is 0 Å². The maximum atomic E-state index is 12.8. The van der Waals surface area contributed by atoms with Crippen molar-refractivity contribution in [1.82, 2.24) is 9.80 Å². The van der Waals surface area contributed by atoms with Gasteiger partial charge in [0, 0.05) is 36.1 Å². The minimum Gasteiger partial charge on any atom is -0.333 e. The summed E-state index contributed by atoms with van der Waals surface area (Å²) in [5.74, 6) is 0.189. The molecule has 0 radical (unpaired) electrons. The van der Waals surface area contributed by atoms with E-state index in [0.717, 1.165) is 24.0 Å². The van der Waals surface area contributed by atoms with Gasteiger partial charge in [0.05, 0.1) is 0 Å². The summed E-state index contributed by atoms with van der Waals surface area (Å²) in [7, 11) is 0. The summed E-state index contributed by atoms with van der Waals surface area (Å²) in [5, 5.41) is 0.832. The largest absolute Gasteiger partial charge is 0.333 e. The minimum atomic E-state index is 0.189. The van der Waals surface area contributed by atoms with Gasteiger partial charge in [-0.05, 0) is 44.0 Å². The second kappa shape index (κ2) is 6.49. The third-order valence-electron chi connectivity index (χ3n) is 4.80. The molecular formula is C17H23BrN2O. The van der Waals surface area contributed by atoms with Gasteiger partial charge in [0.1, 0.15) is 0 Å². The molecule has 1 aromatic carbocycles. The van der Waals surface area contributed by atoms with Gasteiger partial charge in [-0.1, -0.05) is 34.5 Å². The summed E-state index contributed by atoms with van der Waals surface area (Å²) in [5.41, 5.74) is 2.02. The first-order valence-corrected chi connectivity index (χ1v) is 9.01. The fourth-order valence-corrected chi connectivity index (χ4v) is 3.91. The fraction of sp³-hybridized carbons (Fsp3) is 0.588. The second-order valence-corrected chi connectivity index (χ2v) is 6.84. The van der Waals surface area contributed by atoms with Crippen molar-refractivity contribution >= 4 is 21.8 Å². The van der Waals surface area contributed by atoms with Crippen molar-refractivity contribution < 1.29 is 4.79 Å². The number of amides is 1. The number of piperidine rings is 1. The highest BCUT2D eigenvalue weighted by Crippen LogP contribution is 2.25. The fourth-order valence-electron chi connectivity index (χ4n) is 3.54. The number of carbonyl (C=O) groups excluding carboxylic acids is 1. The van der Waals surface area contributed by atoms with Gasteiger partial charge in [0.2, 0.25) is 0 Å². The van der Waals surface area contributed by atoms with Gasteiger partial charge in [-0.2, -0.15) is 0 Å². The van der Waals surface area contributed by atoms with Gasteiger partial charge in [-0.3, -0.25) is 9.69 Å². The van der Waals surface area contributed by atoms with Crippen LogP contribution >= 0.6 is 15.9 Å². The summed E-state index contributed by atoms with van der Waals surface area (Å²) in [4.78, 5) is 17.4. The number of hydrogen-bond acceptors (Lipinski definition) is 2. The molecule has 2 aliphatic rings. The molecule has 4 heteroatoms. The van der Waals surface area contributed by atoms with Crippen LogP contribution in [0, 0.1) is 0 Å². The van der Waals surface area contributed by atoms with Crippen molar-refractivity contribution in [2.45, 2.75) is 43.6 Å². The smallest absolute Gasteiger partial charge is 0.254 e. The van der Waals surface area contributed by atoms with Gasteiger partial charge < -0.3 is 4.90 Å². The van der Waals surface area contributed by atoms with Crippen LogP contribution < -0.4 is 0 Å². The standard InChI is InChI=1S/C17H23BrN2O/c1-13-11-19-9-3-2-4-16(19)12-20(13)17(21)15-7-5-14(10-18)6-8-15/h5-8,13,16H,2-4,9-12H2,1H3. The van der Waals surface area contributed by atoms with E-state index >= 15 is 0 Å². The molecular weight excluding hydrogens is 328 g/mol. The van der Waals surface area contributed by atoms with Crippen LogP contribution in [0.2, 0.25) is 0 Å². The van der Waals surface area contributed by atoms with Crippen LogP contribution in [0.1, 0.15) is 42.1 Å². The lowest BCUT2D eigenvalue weighted by Crippen LogP contribution is -2.60. The molecule has 0 bridgehead atoms. The van der Waals surface area contributed by atoms with E-state index in [0.29, 0.717) is 12.1 Å². The first-order chi connectivity index (χ1) is 10.2. The van der Waals surface area contributed by atoms with Crippen molar-refractivity contribution in [3.8, 4) is 0 Å². The number of nitrogens with zero attached hydrogens (tertiary/aromatic N) is 2. The van der Waals surface area contributed by atoms with Crippen molar-refractivity contribution in [2.75, 3.05) is 19.6 Å². The van der Waals surface area contributed by atoms with Crippen LogP contribution in [0.25, 0.3) is 0 Å². The summed E-state index contributed by atoms with van der Waals surface area (Å²) in [6, 6.07) is 8.86. The first-order valence-electron chi connectivity index (χ1n) is 7.89. The van der Waals surface area contributed by atoms with Crippen molar-refractivity contribution in [1.29, 1.82) is 0 Å². The van der Waals surface area contributed by atoms with Gasteiger partial charge in [-0.15, -0.1) is 0 Å². The van der Waals surface area contributed by atoms with Crippen LogP contribution in [0.5, 0.6) is 0 Å². The molecule has 0 aromatic heterocycles. The number of alkyl halides is 1. The van der Waals surface area contributed by atoms with Gasteiger partial charge in [0.25, 0.3) is 5.91 Å². The lowest BCUT2D eigenvalue weighted by molar-refractivity contribution is 0.0151. The average Bonchev–Trinajstić information content (AvgIpc) is 2.53. The predicted molar refractivity (Wildman–Crippen MR) is 88.8 cm³/mol. The topological polar surface area (TPSA) is 23.6 Å². The number of rotatable bonds is 2. The number of piperazine rings is 1. The lowest BCUT2D eigenvalue weighted by Gasteiger charge is -2.47. The van der Waals surface area contributed by atoms with E-state index in [9.17, 15) is 4.79 Å². The molecule has 2 saturated heterocycles. The first kappa shape index (κ1) is 15.0. The van der Waals surface area contributed by atoms with Crippen molar-refractivity contribution in [3.05, 3.63) is 35.4 Å².